The summed E-state index contributed by atoms with van der Waals surface area (Å²) >= 11 is 12.4. The lowest BCUT2D eigenvalue weighted by Crippen LogP contribution is -2.54. The average Bonchev–Trinajstić information content (AvgIpc) is 3.35. The highest BCUT2D eigenvalue weighted by molar-refractivity contribution is 6.35. The van der Waals surface area contributed by atoms with Crippen LogP contribution in [-0.2, 0) is 14.3 Å². The third-order valence-electron chi connectivity index (χ3n) is 7.45. The number of aromatic nitrogens is 4. The molecular formula is C26H27Cl2F3N6O3. The van der Waals surface area contributed by atoms with Crippen molar-refractivity contribution in [3.05, 3.63) is 51.9 Å². The fourth-order valence-corrected chi connectivity index (χ4v) is 5.90. The number of nitrogens with one attached hydrogen (secondary N) is 1. The zero-order valence-electron chi connectivity index (χ0n) is 21.5. The summed E-state index contributed by atoms with van der Waals surface area (Å²) in [7, 11) is 0. The summed E-state index contributed by atoms with van der Waals surface area (Å²) in [6, 6.07) is 4.33. The SMILES string of the molecule is CC(c1ccc(Cl)cc1Cl)n1ncc2ncc(C3CCN(C(=O)C4CCCCN4)CC3OC(=O)C(F)(F)F)nc21. The Bertz CT molecular complexity index is 1410. The second kappa shape index (κ2) is 11.5. The predicted octanol–water partition coefficient (Wildman–Crippen LogP) is 4.67. The van der Waals surface area contributed by atoms with Gasteiger partial charge in [-0.15, -0.1) is 0 Å². The van der Waals surface area contributed by atoms with Crippen LogP contribution in [0.15, 0.2) is 30.6 Å². The van der Waals surface area contributed by atoms with Crippen LogP contribution in [0.5, 0.6) is 0 Å². The van der Waals surface area contributed by atoms with Gasteiger partial charge in [0.15, 0.2) is 5.65 Å². The molecule has 0 aliphatic carbocycles. The fraction of sp³-hybridized carbons (Fsp3) is 0.500. The zero-order valence-corrected chi connectivity index (χ0v) is 23.0. The van der Waals surface area contributed by atoms with Gasteiger partial charge in [0, 0.05) is 28.7 Å². The number of halogens is 5. The quantitative estimate of drug-likeness (QED) is 0.426. The number of carbonyl (C=O) groups excluding carboxylic acids is 2. The largest absolute Gasteiger partial charge is 0.490 e. The van der Waals surface area contributed by atoms with Crippen LogP contribution in [0.2, 0.25) is 10.0 Å². The molecule has 0 radical (unpaired) electrons. The van der Waals surface area contributed by atoms with E-state index in [0.717, 1.165) is 18.4 Å². The number of esters is 1. The molecule has 40 heavy (non-hydrogen) atoms. The van der Waals surface area contributed by atoms with Gasteiger partial charge in [-0.2, -0.15) is 18.3 Å². The number of nitrogens with zero attached hydrogens (tertiary/aromatic N) is 5. The second-order valence-corrected chi connectivity index (χ2v) is 10.9. The lowest BCUT2D eigenvalue weighted by molar-refractivity contribution is -0.208. The maximum absolute atomic E-state index is 13.2. The van der Waals surface area contributed by atoms with Crippen molar-refractivity contribution in [2.75, 3.05) is 19.6 Å². The Morgan fingerprint density at radius 2 is 1.98 bits per heavy atom. The number of hydrogen-bond acceptors (Lipinski definition) is 7. The minimum atomic E-state index is -5.18. The Labute approximate surface area is 238 Å². The predicted molar refractivity (Wildman–Crippen MR) is 141 cm³/mol. The molecule has 3 aromatic rings. The molecule has 0 saturated carbocycles. The van der Waals surface area contributed by atoms with Crippen molar-refractivity contribution in [1.82, 2.24) is 30.0 Å². The summed E-state index contributed by atoms with van der Waals surface area (Å²) < 4.78 is 46.1. The normalized spacial score (nSPS) is 22.8. The van der Waals surface area contributed by atoms with E-state index in [4.69, 9.17) is 32.9 Å². The summed E-state index contributed by atoms with van der Waals surface area (Å²) in [5.74, 6) is -3.23. The molecule has 4 atom stereocenters. The first-order chi connectivity index (χ1) is 19.0. The van der Waals surface area contributed by atoms with E-state index >= 15 is 0 Å². The van der Waals surface area contributed by atoms with Gasteiger partial charge in [-0.25, -0.2) is 19.4 Å². The van der Waals surface area contributed by atoms with Gasteiger partial charge in [0.25, 0.3) is 0 Å². The number of fused-ring (bicyclic) bond motifs is 1. The van der Waals surface area contributed by atoms with Crippen molar-refractivity contribution in [3.63, 3.8) is 0 Å². The second-order valence-electron chi connectivity index (χ2n) is 10.1. The highest BCUT2D eigenvalue weighted by Gasteiger charge is 2.46. The van der Waals surface area contributed by atoms with Crippen molar-refractivity contribution in [2.24, 2.45) is 0 Å². The smallest absolute Gasteiger partial charge is 0.453 e. The maximum atomic E-state index is 13.2. The fourth-order valence-electron chi connectivity index (χ4n) is 5.33. The molecule has 0 bridgehead atoms. The molecule has 2 fully saturated rings. The lowest BCUT2D eigenvalue weighted by atomic mass is 9.90. The summed E-state index contributed by atoms with van der Waals surface area (Å²) in [6.45, 7) is 2.66. The molecular weight excluding hydrogens is 572 g/mol. The van der Waals surface area contributed by atoms with Crippen molar-refractivity contribution in [1.29, 1.82) is 0 Å². The molecule has 1 N–H and O–H groups in total. The van der Waals surface area contributed by atoms with Gasteiger partial charge in [0.1, 0.15) is 11.6 Å². The van der Waals surface area contributed by atoms with Crippen molar-refractivity contribution < 1.29 is 27.5 Å². The number of hydrogen-bond donors (Lipinski definition) is 1. The molecule has 4 heterocycles. The first kappa shape index (κ1) is 28.6. The number of amides is 1. The van der Waals surface area contributed by atoms with Gasteiger partial charge in [0.05, 0.1) is 30.5 Å². The van der Waals surface area contributed by atoms with Gasteiger partial charge < -0.3 is 15.0 Å². The topological polar surface area (TPSA) is 102 Å². The molecule has 14 heteroatoms. The van der Waals surface area contributed by atoms with E-state index in [1.807, 2.05) is 6.92 Å². The van der Waals surface area contributed by atoms with E-state index in [9.17, 15) is 22.8 Å². The molecule has 2 aliphatic heterocycles. The minimum Gasteiger partial charge on any atom is -0.453 e. The molecule has 4 unspecified atom stereocenters. The van der Waals surface area contributed by atoms with E-state index in [-0.39, 0.29) is 31.5 Å². The Kier molecular flexibility index (Phi) is 8.21. The molecule has 0 spiro atoms. The number of ether oxygens (including phenoxy) is 1. The van der Waals surface area contributed by atoms with E-state index in [1.165, 1.54) is 17.3 Å². The Balaban J connectivity index is 1.44. The van der Waals surface area contributed by atoms with Gasteiger partial charge >= 0.3 is 12.1 Å². The van der Waals surface area contributed by atoms with Crippen molar-refractivity contribution in [3.8, 4) is 0 Å². The van der Waals surface area contributed by atoms with Gasteiger partial charge in [0.2, 0.25) is 5.91 Å². The van der Waals surface area contributed by atoms with Crippen LogP contribution in [-0.4, -0.2) is 74.5 Å². The Morgan fingerprint density at radius 3 is 2.67 bits per heavy atom. The van der Waals surface area contributed by atoms with E-state index in [2.05, 4.69) is 15.4 Å². The maximum Gasteiger partial charge on any atom is 0.490 e. The Morgan fingerprint density at radius 1 is 1.18 bits per heavy atom. The summed E-state index contributed by atoms with van der Waals surface area (Å²) in [4.78, 5) is 35.6. The highest BCUT2D eigenvalue weighted by Crippen LogP contribution is 2.34. The van der Waals surface area contributed by atoms with E-state index < -0.39 is 30.2 Å². The lowest BCUT2D eigenvalue weighted by Gasteiger charge is -2.39. The van der Waals surface area contributed by atoms with Crippen molar-refractivity contribution in [2.45, 2.75) is 62.9 Å². The molecule has 1 aromatic carbocycles. The molecule has 2 aliphatic rings. The van der Waals surface area contributed by atoms with Crippen LogP contribution in [0.1, 0.15) is 55.8 Å². The summed E-state index contributed by atoms with van der Waals surface area (Å²) in [5, 5.41) is 8.50. The first-order valence-corrected chi connectivity index (χ1v) is 13.7. The molecule has 5 rings (SSSR count). The van der Waals surface area contributed by atoms with E-state index in [0.29, 0.717) is 39.9 Å². The van der Waals surface area contributed by atoms with Crippen LogP contribution >= 0.6 is 23.2 Å². The third kappa shape index (κ3) is 5.89. The molecule has 2 aromatic heterocycles. The average molecular weight is 599 g/mol. The van der Waals surface area contributed by atoms with Gasteiger partial charge in [-0.1, -0.05) is 35.7 Å². The monoisotopic (exact) mass is 598 g/mol. The highest BCUT2D eigenvalue weighted by atomic mass is 35.5. The number of likely N-dealkylation sites (tertiary alicyclic amines) is 1. The molecule has 1 amide bonds. The zero-order chi connectivity index (χ0) is 28.6. The third-order valence-corrected chi connectivity index (χ3v) is 8.01. The number of carbonyl (C=O) groups is 2. The van der Waals surface area contributed by atoms with E-state index in [1.54, 1.807) is 22.9 Å². The van der Waals surface area contributed by atoms with Crippen LogP contribution in [0.25, 0.3) is 11.2 Å². The number of piperidine rings is 2. The first-order valence-electron chi connectivity index (χ1n) is 13.0. The summed E-state index contributed by atoms with van der Waals surface area (Å²) in [5.41, 5.74) is 1.94. The summed E-state index contributed by atoms with van der Waals surface area (Å²) in [6.07, 6.45) is -0.729. The number of benzene rings is 1. The van der Waals surface area contributed by atoms with Gasteiger partial charge in [-0.05, 0) is 50.4 Å². The van der Waals surface area contributed by atoms with Gasteiger partial charge in [-0.3, -0.25) is 4.79 Å². The van der Waals surface area contributed by atoms with Crippen LogP contribution in [0.3, 0.4) is 0 Å². The van der Waals surface area contributed by atoms with Crippen LogP contribution < -0.4 is 5.32 Å². The Hall–Kier alpha value is -2.96. The van der Waals surface area contributed by atoms with Crippen LogP contribution in [0.4, 0.5) is 13.2 Å². The minimum absolute atomic E-state index is 0.181. The number of rotatable bonds is 5. The molecule has 214 valence electrons. The number of alkyl halides is 3. The molecule has 9 nitrogen and oxygen atoms in total. The molecule has 2 saturated heterocycles. The van der Waals surface area contributed by atoms with Crippen molar-refractivity contribution >= 4 is 46.2 Å². The standard InChI is InChI=1S/C26H27Cl2F3N6O3/c1-14(16-6-5-15(27)10-18(16)28)37-23-21(12-34-37)33-11-20(35-23)17-7-9-36(24(38)19-4-2-3-8-32-19)13-22(17)40-25(39)26(29,30)31/h5-6,10-12,14,17,19,22,32H,2-4,7-9,13H2,1H3. The van der Waals surface area contributed by atoms with Crippen LogP contribution in [0, 0.1) is 0 Å².